The molecule has 0 aromatic heterocycles. The van der Waals surface area contributed by atoms with Gasteiger partial charge in [-0.1, -0.05) is 84.0 Å². The number of hydrogen-bond donors (Lipinski definition) is 3. The molecular weight excluding hydrogens is 518 g/mol. The lowest BCUT2D eigenvalue weighted by molar-refractivity contribution is -0.138. The van der Waals surface area contributed by atoms with Crippen molar-refractivity contribution in [1.29, 1.82) is 0 Å². The summed E-state index contributed by atoms with van der Waals surface area (Å²) in [4.78, 5) is 13.6. The van der Waals surface area contributed by atoms with E-state index in [0.717, 1.165) is 32.4 Å². The van der Waals surface area contributed by atoms with Crippen molar-refractivity contribution in [2.24, 2.45) is 0 Å². The standard InChI is InChI=1S/C31H30ClNO4S/c32-29-19-28(38-27-13-7-12-26(18-27)37-21-23-8-3-1-4-9-23)15-14-24(29)16-17-31(22-34,20-30(35)36)33-25-10-5-2-6-11-25/h1-15,18-19,33-34H,16-17,20-22H2,(H,35,36). The van der Waals surface area contributed by atoms with E-state index in [1.807, 2.05) is 103 Å². The van der Waals surface area contributed by atoms with E-state index >= 15 is 0 Å². The molecule has 0 radical (unpaired) electrons. The number of carboxylic acids is 1. The minimum absolute atomic E-state index is 0.216. The third-order valence-electron chi connectivity index (χ3n) is 6.16. The summed E-state index contributed by atoms with van der Waals surface area (Å²) in [6, 6.07) is 33.2. The van der Waals surface area contributed by atoms with E-state index in [4.69, 9.17) is 16.3 Å². The lowest BCUT2D eigenvalue weighted by Gasteiger charge is -2.33. The summed E-state index contributed by atoms with van der Waals surface area (Å²) in [5, 5.41) is 23.6. The zero-order valence-electron chi connectivity index (χ0n) is 20.8. The fraction of sp³-hybridized carbons (Fsp3) is 0.194. The SMILES string of the molecule is O=C(O)CC(CO)(CCc1ccc(Sc2cccc(OCc3ccccc3)c2)cc1Cl)Nc1ccccc1. The summed E-state index contributed by atoms with van der Waals surface area (Å²) < 4.78 is 5.95. The van der Waals surface area contributed by atoms with Crippen molar-refractivity contribution in [2.45, 2.75) is 41.2 Å². The topological polar surface area (TPSA) is 78.8 Å². The van der Waals surface area contributed by atoms with Crippen LogP contribution in [0.3, 0.4) is 0 Å². The summed E-state index contributed by atoms with van der Waals surface area (Å²) in [6.07, 6.45) is 0.699. The van der Waals surface area contributed by atoms with E-state index in [2.05, 4.69) is 5.32 Å². The smallest absolute Gasteiger partial charge is 0.305 e. The molecule has 4 aromatic rings. The predicted molar refractivity (Wildman–Crippen MR) is 153 cm³/mol. The van der Waals surface area contributed by atoms with Crippen LogP contribution in [0.15, 0.2) is 113 Å². The molecule has 0 aliphatic carbocycles. The molecule has 1 atom stereocenters. The van der Waals surface area contributed by atoms with Crippen LogP contribution in [-0.2, 0) is 17.8 Å². The number of aliphatic carboxylic acids is 1. The van der Waals surface area contributed by atoms with Gasteiger partial charge in [0.2, 0.25) is 0 Å². The van der Waals surface area contributed by atoms with Gasteiger partial charge in [-0.2, -0.15) is 0 Å². The maximum absolute atomic E-state index is 11.6. The molecule has 1 unspecified atom stereocenters. The van der Waals surface area contributed by atoms with Gasteiger partial charge in [-0.25, -0.2) is 0 Å². The van der Waals surface area contributed by atoms with Gasteiger partial charge >= 0.3 is 5.97 Å². The Hall–Kier alpha value is -3.45. The van der Waals surface area contributed by atoms with E-state index < -0.39 is 11.5 Å². The van der Waals surface area contributed by atoms with Crippen molar-refractivity contribution in [2.75, 3.05) is 11.9 Å². The fourth-order valence-electron chi connectivity index (χ4n) is 4.16. The van der Waals surface area contributed by atoms with Gasteiger partial charge in [-0.3, -0.25) is 4.79 Å². The Bertz CT molecular complexity index is 1340. The number of rotatable bonds is 13. The lowest BCUT2D eigenvalue weighted by atomic mass is 9.88. The van der Waals surface area contributed by atoms with E-state index in [0.29, 0.717) is 24.5 Å². The zero-order valence-corrected chi connectivity index (χ0v) is 22.4. The molecule has 3 N–H and O–H groups in total. The molecule has 0 aliphatic heterocycles. The Labute approximate surface area is 232 Å². The van der Waals surface area contributed by atoms with Crippen LogP contribution in [0.2, 0.25) is 5.02 Å². The fourth-order valence-corrected chi connectivity index (χ4v) is 5.41. The number of aliphatic hydroxyl groups excluding tert-OH is 1. The van der Waals surface area contributed by atoms with Crippen molar-refractivity contribution in [3.8, 4) is 5.75 Å². The molecule has 0 saturated carbocycles. The monoisotopic (exact) mass is 547 g/mol. The van der Waals surface area contributed by atoms with Crippen LogP contribution in [0.4, 0.5) is 5.69 Å². The Morgan fingerprint density at radius 2 is 1.61 bits per heavy atom. The maximum Gasteiger partial charge on any atom is 0.305 e. The van der Waals surface area contributed by atoms with Crippen LogP contribution in [0.5, 0.6) is 5.75 Å². The van der Waals surface area contributed by atoms with E-state index in [1.54, 1.807) is 11.8 Å². The summed E-state index contributed by atoms with van der Waals surface area (Å²) in [7, 11) is 0. The quantitative estimate of drug-likeness (QED) is 0.163. The first-order valence-corrected chi connectivity index (χ1v) is 13.5. The Morgan fingerprint density at radius 3 is 2.29 bits per heavy atom. The Balaban J connectivity index is 1.41. The minimum atomic E-state index is -1.01. The lowest BCUT2D eigenvalue weighted by Crippen LogP contribution is -2.44. The summed E-state index contributed by atoms with van der Waals surface area (Å²) >= 11 is 8.24. The van der Waals surface area contributed by atoms with Gasteiger partial charge in [0.05, 0.1) is 18.6 Å². The van der Waals surface area contributed by atoms with Crippen LogP contribution >= 0.6 is 23.4 Å². The van der Waals surface area contributed by atoms with Crippen molar-refractivity contribution >= 4 is 35.0 Å². The number of anilines is 1. The molecule has 0 bridgehead atoms. The second kappa shape index (κ2) is 13.4. The second-order valence-electron chi connectivity index (χ2n) is 9.10. The molecule has 4 aromatic carbocycles. The number of aryl methyl sites for hydroxylation is 1. The molecule has 0 aliphatic rings. The number of carbonyl (C=O) groups is 1. The number of carboxylic acid groups (broad SMARTS) is 1. The highest BCUT2D eigenvalue weighted by atomic mass is 35.5. The molecule has 0 saturated heterocycles. The third kappa shape index (κ3) is 8.02. The highest BCUT2D eigenvalue weighted by molar-refractivity contribution is 7.99. The summed E-state index contributed by atoms with van der Waals surface area (Å²) in [5.41, 5.74) is 1.76. The average molecular weight is 548 g/mol. The highest BCUT2D eigenvalue weighted by Crippen LogP contribution is 2.34. The van der Waals surface area contributed by atoms with Crippen molar-refractivity contribution in [3.63, 3.8) is 0 Å². The molecule has 4 rings (SSSR count). The van der Waals surface area contributed by atoms with Crippen LogP contribution in [0.25, 0.3) is 0 Å². The minimum Gasteiger partial charge on any atom is -0.489 e. The molecule has 5 nitrogen and oxygen atoms in total. The molecule has 7 heteroatoms. The van der Waals surface area contributed by atoms with E-state index in [9.17, 15) is 15.0 Å². The van der Waals surface area contributed by atoms with Crippen molar-refractivity contribution in [1.82, 2.24) is 0 Å². The van der Waals surface area contributed by atoms with Crippen LogP contribution in [0, 0.1) is 0 Å². The second-order valence-corrected chi connectivity index (χ2v) is 10.7. The number of ether oxygens (including phenoxy) is 1. The highest BCUT2D eigenvalue weighted by Gasteiger charge is 2.32. The van der Waals surface area contributed by atoms with Gasteiger partial charge in [-0.05, 0) is 66.4 Å². The van der Waals surface area contributed by atoms with Gasteiger partial charge in [-0.15, -0.1) is 0 Å². The molecule has 196 valence electrons. The van der Waals surface area contributed by atoms with Gasteiger partial charge in [0.25, 0.3) is 0 Å². The third-order valence-corrected chi connectivity index (χ3v) is 7.49. The normalized spacial score (nSPS) is 12.5. The number of hydrogen-bond acceptors (Lipinski definition) is 5. The number of para-hydroxylation sites is 1. The number of nitrogens with one attached hydrogen (secondary N) is 1. The van der Waals surface area contributed by atoms with Gasteiger partial charge in [0.15, 0.2) is 0 Å². The van der Waals surface area contributed by atoms with Crippen LogP contribution < -0.4 is 10.1 Å². The van der Waals surface area contributed by atoms with E-state index in [1.165, 1.54) is 0 Å². The molecule has 0 heterocycles. The van der Waals surface area contributed by atoms with Gasteiger partial charge in [0, 0.05) is 20.5 Å². The van der Waals surface area contributed by atoms with Gasteiger partial charge < -0.3 is 20.3 Å². The van der Waals surface area contributed by atoms with E-state index in [-0.39, 0.29) is 13.0 Å². The largest absolute Gasteiger partial charge is 0.489 e. The predicted octanol–water partition coefficient (Wildman–Crippen LogP) is 7.32. The van der Waals surface area contributed by atoms with Crippen molar-refractivity contribution < 1.29 is 19.7 Å². The number of halogens is 1. The average Bonchev–Trinajstić information content (AvgIpc) is 2.92. The molecular formula is C31H30ClNO4S. The Morgan fingerprint density at radius 1 is 0.895 bits per heavy atom. The number of benzene rings is 4. The van der Waals surface area contributed by atoms with Crippen LogP contribution in [-0.4, -0.2) is 28.3 Å². The Kier molecular flexibility index (Phi) is 9.71. The molecule has 38 heavy (non-hydrogen) atoms. The zero-order chi connectivity index (χ0) is 26.8. The van der Waals surface area contributed by atoms with Crippen LogP contribution in [0.1, 0.15) is 24.0 Å². The molecule has 0 amide bonds. The first-order chi connectivity index (χ1) is 18.4. The first-order valence-electron chi connectivity index (χ1n) is 12.3. The molecule has 0 fully saturated rings. The number of aliphatic hydroxyl groups is 1. The van der Waals surface area contributed by atoms with Crippen molar-refractivity contribution in [3.05, 3.63) is 119 Å². The summed E-state index contributed by atoms with van der Waals surface area (Å²) in [6.45, 7) is 0.189. The van der Waals surface area contributed by atoms with Gasteiger partial charge in [0.1, 0.15) is 12.4 Å². The summed E-state index contributed by atoms with van der Waals surface area (Å²) in [5.74, 6) is -0.179. The first kappa shape index (κ1) is 27.6. The molecule has 0 spiro atoms. The maximum atomic E-state index is 11.6.